The Kier molecular flexibility index (Phi) is 2.97. The second-order valence-electron chi connectivity index (χ2n) is 3.55. The van der Waals surface area contributed by atoms with Crippen LogP contribution >= 0.6 is 0 Å². The molecule has 0 aliphatic heterocycles. The first-order valence-electron chi connectivity index (χ1n) is 4.89. The number of nitrogens with zero attached hydrogens (tertiary/aromatic N) is 2. The van der Waals surface area contributed by atoms with Crippen molar-refractivity contribution in [3.63, 3.8) is 0 Å². The number of benzene rings is 1. The number of hydrogen-bond donors (Lipinski definition) is 2. The Morgan fingerprint density at radius 2 is 1.95 bits per heavy atom. The van der Waals surface area contributed by atoms with Gasteiger partial charge in [-0.3, -0.25) is 4.79 Å². The Labute approximate surface area is 103 Å². The molecule has 9 heteroatoms. The van der Waals surface area contributed by atoms with Crippen molar-refractivity contribution in [3.05, 3.63) is 35.3 Å². The molecule has 0 saturated heterocycles. The number of carbonyl (C=O) groups excluding carboxylic acids is 1. The van der Waals surface area contributed by atoms with E-state index in [0.29, 0.717) is 6.07 Å². The molecular formula is C10H6F4N4O. The number of primary amides is 1. The van der Waals surface area contributed by atoms with Crippen LogP contribution in [0.5, 0.6) is 0 Å². The van der Waals surface area contributed by atoms with E-state index in [0.717, 1.165) is 12.1 Å². The fourth-order valence-corrected chi connectivity index (χ4v) is 1.52. The molecule has 2 rings (SSSR count). The van der Waals surface area contributed by atoms with Gasteiger partial charge in [-0.05, 0) is 12.1 Å². The van der Waals surface area contributed by atoms with E-state index in [2.05, 4.69) is 10.2 Å². The van der Waals surface area contributed by atoms with Gasteiger partial charge in [-0.15, -0.1) is 0 Å². The molecule has 1 amide bonds. The lowest BCUT2D eigenvalue weighted by Gasteiger charge is -2.10. The minimum absolute atomic E-state index is 0.365. The molecule has 0 unspecified atom stereocenters. The molecule has 0 bridgehead atoms. The number of aromatic amines is 1. The van der Waals surface area contributed by atoms with E-state index in [1.807, 2.05) is 5.21 Å². The maximum absolute atomic E-state index is 13.8. The molecule has 0 aliphatic carbocycles. The fourth-order valence-electron chi connectivity index (χ4n) is 1.52. The Hall–Kier alpha value is -2.45. The van der Waals surface area contributed by atoms with Crippen molar-refractivity contribution in [2.24, 2.45) is 5.73 Å². The zero-order valence-electron chi connectivity index (χ0n) is 9.12. The molecule has 0 atom stereocenters. The molecule has 2 aromatic rings. The van der Waals surface area contributed by atoms with Crippen LogP contribution in [0.4, 0.5) is 17.6 Å². The highest BCUT2D eigenvalue weighted by atomic mass is 19.4. The summed E-state index contributed by atoms with van der Waals surface area (Å²) in [6.45, 7) is 0. The molecule has 0 spiro atoms. The van der Waals surface area contributed by atoms with E-state index in [4.69, 9.17) is 5.73 Å². The highest BCUT2D eigenvalue weighted by Gasteiger charge is 2.35. The maximum atomic E-state index is 13.8. The minimum atomic E-state index is -4.85. The van der Waals surface area contributed by atoms with Crippen molar-refractivity contribution in [3.8, 4) is 11.3 Å². The molecule has 0 fully saturated rings. The Bertz CT molecular complexity index is 635. The van der Waals surface area contributed by atoms with Crippen molar-refractivity contribution >= 4 is 5.91 Å². The van der Waals surface area contributed by atoms with Crippen LogP contribution in [0.15, 0.2) is 18.2 Å². The van der Waals surface area contributed by atoms with E-state index < -0.39 is 34.7 Å². The lowest BCUT2D eigenvalue weighted by atomic mass is 10.0. The SMILES string of the molecule is NC(=O)c1n[nH]nc1-c1cccc(C(F)(F)F)c1F. The van der Waals surface area contributed by atoms with Gasteiger partial charge in [-0.1, -0.05) is 6.07 Å². The molecule has 1 aromatic heterocycles. The van der Waals surface area contributed by atoms with Crippen LogP contribution in [0.3, 0.4) is 0 Å². The first-order valence-corrected chi connectivity index (χ1v) is 4.89. The van der Waals surface area contributed by atoms with Gasteiger partial charge in [0.05, 0.1) is 5.56 Å². The van der Waals surface area contributed by atoms with E-state index in [1.165, 1.54) is 0 Å². The zero-order valence-corrected chi connectivity index (χ0v) is 9.12. The summed E-state index contributed by atoms with van der Waals surface area (Å²) in [5.41, 5.74) is 2.21. The number of nitrogens with two attached hydrogens (primary N) is 1. The van der Waals surface area contributed by atoms with Gasteiger partial charge in [0, 0.05) is 5.56 Å². The third kappa shape index (κ3) is 2.26. The first-order chi connectivity index (χ1) is 8.82. The average molecular weight is 274 g/mol. The van der Waals surface area contributed by atoms with E-state index in [1.54, 1.807) is 0 Å². The Morgan fingerprint density at radius 1 is 1.26 bits per heavy atom. The number of H-pyrrole nitrogens is 1. The van der Waals surface area contributed by atoms with Gasteiger partial charge < -0.3 is 5.73 Å². The lowest BCUT2D eigenvalue weighted by Crippen LogP contribution is -2.14. The normalized spacial score (nSPS) is 11.6. The Balaban J connectivity index is 2.64. The molecule has 5 nitrogen and oxygen atoms in total. The third-order valence-electron chi connectivity index (χ3n) is 2.34. The molecule has 19 heavy (non-hydrogen) atoms. The molecule has 0 saturated carbocycles. The van der Waals surface area contributed by atoms with Crippen LogP contribution in [0.2, 0.25) is 0 Å². The molecular weight excluding hydrogens is 268 g/mol. The van der Waals surface area contributed by atoms with Crippen LogP contribution in [0, 0.1) is 5.82 Å². The summed E-state index contributed by atoms with van der Waals surface area (Å²) in [6, 6.07) is 2.64. The number of carbonyl (C=O) groups is 1. The zero-order chi connectivity index (χ0) is 14.2. The summed E-state index contributed by atoms with van der Waals surface area (Å²) in [5.74, 6) is -2.56. The second kappa shape index (κ2) is 4.34. The highest BCUT2D eigenvalue weighted by Crippen LogP contribution is 2.35. The molecule has 0 aliphatic rings. The largest absolute Gasteiger partial charge is 0.419 e. The number of hydrogen-bond acceptors (Lipinski definition) is 3. The predicted molar refractivity (Wildman–Crippen MR) is 55.3 cm³/mol. The van der Waals surface area contributed by atoms with Crippen LogP contribution in [-0.4, -0.2) is 21.3 Å². The van der Waals surface area contributed by atoms with Crippen molar-refractivity contribution in [2.75, 3.05) is 0 Å². The van der Waals surface area contributed by atoms with E-state index >= 15 is 0 Å². The third-order valence-corrected chi connectivity index (χ3v) is 2.34. The van der Waals surface area contributed by atoms with Gasteiger partial charge in [-0.25, -0.2) is 4.39 Å². The van der Waals surface area contributed by atoms with Crippen LogP contribution < -0.4 is 5.73 Å². The van der Waals surface area contributed by atoms with Gasteiger partial charge in [0.15, 0.2) is 5.69 Å². The van der Waals surface area contributed by atoms with Gasteiger partial charge in [0.25, 0.3) is 5.91 Å². The van der Waals surface area contributed by atoms with E-state index in [-0.39, 0.29) is 5.69 Å². The summed E-state index contributed by atoms with van der Waals surface area (Å²) in [4.78, 5) is 11.0. The number of halogens is 4. The minimum Gasteiger partial charge on any atom is -0.364 e. The van der Waals surface area contributed by atoms with Gasteiger partial charge in [0.1, 0.15) is 11.5 Å². The van der Waals surface area contributed by atoms with Crippen molar-refractivity contribution in [1.82, 2.24) is 15.4 Å². The van der Waals surface area contributed by atoms with Crippen LogP contribution in [-0.2, 0) is 6.18 Å². The fraction of sp³-hybridized carbons (Fsp3) is 0.100. The monoisotopic (exact) mass is 274 g/mol. The second-order valence-corrected chi connectivity index (χ2v) is 3.55. The predicted octanol–water partition coefficient (Wildman–Crippen LogP) is 1.73. The molecule has 100 valence electrons. The number of aromatic nitrogens is 3. The topological polar surface area (TPSA) is 84.7 Å². The summed E-state index contributed by atoms with van der Waals surface area (Å²) >= 11 is 0. The maximum Gasteiger partial charge on any atom is 0.419 e. The first kappa shape index (κ1) is 13.0. The molecule has 0 radical (unpaired) electrons. The summed E-state index contributed by atoms with van der Waals surface area (Å²) < 4.78 is 51.5. The molecule has 1 aromatic carbocycles. The summed E-state index contributed by atoms with van der Waals surface area (Å²) in [7, 11) is 0. The standard InChI is InChI=1S/C10H6F4N4O/c11-6-4(2-1-3-5(6)10(12,13)14)7-8(9(15)19)17-18-16-7/h1-3H,(H2,15,19)(H,16,17,18). The lowest BCUT2D eigenvalue weighted by molar-refractivity contribution is -0.139. The van der Waals surface area contributed by atoms with Crippen molar-refractivity contribution in [2.45, 2.75) is 6.18 Å². The highest BCUT2D eigenvalue weighted by molar-refractivity contribution is 5.96. The van der Waals surface area contributed by atoms with Crippen LogP contribution in [0.1, 0.15) is 16.1 Å². The molecule has 3 N–H and O–H groups in total. The van der Waals surface area contributed by atoms with Crippen LogP contribution in [0.25, 0.3) is 11.3 Å². The van der Waals surface area contributed by atoms with Gasteiger partial charge >= 0.3 is 6.18 Å². The molecule has 1 heterocycles. The average Bonchev–Trinajstić information content (AvgIpc) is 2.76. The van der Waals surface area contributed by atoms with Crippen molar-refractivity contribution in [1.29, 1.82) is 0 Å². The number of amides is 1. The number of alkyl halides is 3. The van der Waals surface area contributed by atoms with Crippen molar-refractivity contribution < 1.29 is 22.4 Å². The number of rotatable bonds is 2. The Morgan fingerprint density at radius 3 is 2.53 bits per heavy atom. The van der Waals surface area contributed by atoms with Gasteiger partial charge in [0.2, 0.25) is 0 Å². The van der Waals surface area contributed by atoms with E-state index in [9.17, 15) is 22.4 Å². The summed E-state index contributed by atoms with van der Waals surface area (Å²) in [5, 5.41) is 8.83. The number of nitrogens with one attached hydrogen (secondary N) is 1. The summed E-state index contributed by atoms with van der Waals surface area (Å²) in [6.07, 6.45) is -4.85. The van der Waals surface area contributed by atoms with Gasteiger partial charge in [-0.2, -0.15) is 28.6 Å². The smallest absolute Gasteiger partial charge is 0.364 e. The quantitative estimate of drug-likeness (QED) is 0.818.